The molecule has 0 saturated heterocycles. The van der Waals surface area contributed by atoms with Crippen LogP contribution in [0.2, 0.25) is 0 Å². The van der Waals surface area contributed by atoms with Gasteiger partial charge in [-0.3, -0.25) is 4.98 Å². The van der Waals surface area contributed by atoms with E-state index in [0.717, 1.165) is 6.42 Å². The van der Waals surface area contributed by atoms with Crippen LogP contribution in [0.3, 0.4) is 0 Å². The fraction of sp³-hybridized carbons (Fsp3) is 0.583. The van der Waals surface area contributed by atoms with E-state index in [1.807, 2.05) is 20.8 Å². The van der Waals surface area contributed by atoms with Crippen LogP contribution in [0.4, 0.5) is 5.69 Å². The number of sulfonamides is 1. The SMILES string of the molecule is CCCN(CC)S(=O)(=O)c1cnccc1NCC. The number of rotatable bonds is 7. The first-order valence-corrected chi connectivity index (χ1v) is 7.69. The summed E-state index contributed by atoms with van der Waals surface area (Å²) >= 11 is 0. The van der Waals surface area contributed by atoms with Gasteiger partial charge in [-0.2, -0.15) is 4.31 Å². The van der Waals surface area contributed by atoms with Gasteiger partial charge in [0, 0.05) is 32.0 Å². The fourth-order valence-corrected chi connectivity index (χ4v) is 3.41. The summed E-state index contributed by atoms with van der Waals surface area (Å²) in [6, 6.07) is 1.69. The maximum Gasteiger partial charge on any atom is 0.246 e. The van der Waals surface area contributed by atoms with Crippen molar-refractivity contribution in [2.45, 2.75) is 32.1 Å². The first-order valence-electron chi connectivity index (χ1n) is 6.25. The summed E-state index contributed by atoms with van der Waals surface area (Å²) in [7, 11) is -3.46. The van der Waals surface area contributed by atoms with Crippen molar-refractivity contribution in [1.82, 2.24) is 9.29 Å². The lowest BCUT2D eigenvalue weighted by Gasteiger charge is -2.21. The van der Waals surface area contributed by atoms with Crippen LogP contribution in [-0.2, 0) is 10.0 Å². The Morgan fingerprint density at radius 2 is 2.06 bits per heavy atom. The standard InChI is InChI=1S/C12H21N3O2S/c1-4-9-15(6-3)18(16,17)12-10-13-8-7-11(12)14-5-2/h7-8,10H,4-6,9H2,1-3H3,(H,13,14). The first-order chi connectivity index (χ1) is 8.57. The molecule has 0 bridgehead atoms. The Hall–Kier alpha value is -1.14. The molecule has 0 radical (unpaired) electrons. The van der Waals surface area contributed by atoms with Gasteiger partial charge in [0.1, 0.15) is 4.90 Å². The van der Waals surface area contributed by atoms with Gasteiger partial charge in [0.15, 0.2) is 0 Å². The Morgan fingerprint density at radius 3 is 2.61 bits per heavy atom. The molecule has 6 heteroatoms. The molecular formula is C12H21N3O2S. The van der Waals surface area contributed by atoms with Crippen molar-refractivity contribution in [2.75, 3.05) is 25.0 Å². The van der Waals surface area contributed by atoms with Crippen LogP contribution in [0, 0.1) is 0 Å². The molecule has 0 unspecified atom stereocenters. The zero-order valence-corrected chi connectivity index (χ0v) is 12.0. The monoisotopic (exact) mass is 271 g/mol. The number of hydrogen-bond donors (Lipinski definition) is 1. The Morgan fingerprint density at radius 1 is 1.33 bits per heavy atom. The number of hydrogen-bond acceptors (Lipinski definition) is 4. The summed E-state index contributed by atoms with van der Waals surface area (Å²) < 4.78 is 26.5. The van der Waals surface area contributed by atoms with Crippen LogP contribution in [0.1, 0.15) is 27.2 Å². The van der Waals surface area contributed by atoms with E-state index in [0.29, 0.717) is 25.3 Å². The van der Waals surface area contributed by atoms with Crippen LogP contribution in [0.25, 0.3) is 0 Å². The second-order valence-electron chi connectivity index (χ2n) is 3.90. The van der Waals surface area contributed by atoms with Crippen LogP contribution >= 0.6 is 0 Å². The predicted molar refractivity (Wildman–Crippen MR) is 73.1 cm³/mol. The van der Waals surface area contributed by atoms with Crippen molar-refractivity contribution >= 4 is 15.7 Å². The van der Waals surface area contributed by atoms with E-state index in [1.54, 1.807) is 12.3 Å². The molecule has 1 aromatic heterocycles. The quantitative estimate of drug-likeness (QED) is 0.823. The summed E-state index contributed by atoms with van der Waals surface area (Å²) in [5, 5.41) is 3.06. The van der Waals surface area contributed by atoms with Crippen LogP contribution < -0.4 is 5.32 Å². The molecule has 0 fully saturated rings. The molecule has 0 aliphatic heterocycles. The summed E-state index contributed by atoms with van der Waals surface area (Å²) in [6.45, 7) is 7.41. The minimum absolute atomic E-state index is 0.252. The van der Waals surface area contributed by atoms with Gasteiger partial charge < -0.3 is 5.32 Å². The van der Waals surface area contributed by atoms with E-state index in [-0.39, 0.29) is 4.90 Å². The molecule has 0 amide bonds. The number of aromatic nitrogens is 1. The van der Waals surface area contributed by atoms with Gasteiger partial charge in [0.25, 0.3) is 0 Å². The molecule has 1 N–H and O–H groups in total. The van der Waals surface area contributed by atoms with Gasteiger partial charge in [-0.15, -0.1) is 0 Å². The maximum absolute atomic E-state index is 12.5. The van der Waals surface area contributed by atoms with Crippen molar-refractivity contribution in [3.05, 3.63) is 18.5 Å². The summed E-state index contributed by atoms with van der Waals surface area (Å²) in [6.07, 6.45) is 3.79. The third-order valence-electron chi connectivity index (χ3n) is 2.60. The van der Waals surface area contributed by atoms with Crippen molar-refractivity contribution in [3.8, 4) is 0 Å². The van der Waals surface area contributed by atoms with Gasteiger partial charge in [0.2, 0.25) is 10.0 Å². The summed E-state index contributed by atoms with van der Waals surface area (Å²) in [5.74, 6) is 0. The summed E-state index contributed by atoms with van der Waals surface area (Å²) in [5.41, 5.74) is 0.613. The van der Waals surface area contributed by atoms with Gasteiger partial charge in [-0.05, 0) is 19.4 Å². The molecule has 0 spiro atoms. The average Bonchev–Trinajstić information content (AvgIpc) is 2.36. The predicted octanol–water partition coefficient (Wildman–Crippen LogP) is 1.93. The Bertz CT molecular complexity index is 474. The van der Waals surface area contributed by atoms with Gasteiger partial charge in [0.05, 0.1) is 5.69 Å². The number of anilines is 1. The second-order valence-corrected chi connectivity index (χ2v) is 5.81. The molecule has 0 aliphatic carbocycles. The van der Waals surface area contributed by atoms with E-state index in [1.165, 1.54) is 10.5 Å². The van der Waals surface area contributed by atoms with Crippen molar-refractivity contribution in [2.24, 2.45) is 0 Å². The highest BCUT2D eigenvalue weighted by Gasteiger charge is 2.25. The zero-order valence-electron chi connectivity index (χ0n) is 11.2. The van der Waals surface area contributed by atoms with E-state index in [4.69, 9.17) is 0 Å². The van der Waals surface area contributed by atoms with Crippen molar-refractivity contribution in [1.29, 1.82) is 0 Å². The minimum atomic E-state index is -3.46. The Kier molecular flexibility index (Phi) is 5.55. The maximum atomic E-state index is 12.5. The molecule has 0 atom stereocenters. The normalized spacial score (nSPS) is 11.8. The molecule has 1 rings (SSSR count). The summed E-state index contributed by atoms with van der Waals surface area (Å²) in [4.78, 5) is 4.18. The lowest BCUT2D eigenvalue weighted by Crippen LogP contribution is -2.32. The molecule has 1 aromatic rings. The molecule has 0 saturated carbocycles. The highest BCUT2D eigenvalue weighted by Crippen LogP contribution is 2.23. The molecule has 18 heavy (non-hydrogen) atoms. The molecule has 0 aromatic carbocycles. The Labute approximate surface area is 109 Å². The highest BCUT2D eigenvalue weighted by molar-refractivity contribution is 7.89. The van der Waals surface area contributed by atoms with E-state index in [2.05, 4.69) is 10.3 Å². The lowest BCUT2D eigenvalue weighted by molar-refractivity contribution is 0.427. The molecule has 1 heterocycles. The smallest absolute Gasteiger partial charge is 0.246 e. The van der Waals surface area contributed by atoms with Crippen molar-refractivity contribution in [3.63, 3.8) is 0 Å². The molecule has 102 valence electrons. The fourth-order valence-electron chi connectivity index (χ4n) is 1.76. The highest BCUT2D eigenvalue weighted by atomic mass is 32.2. The third-order valence-corrected chi connectivity index (χ3v) is 4.60. The molecule has 0 aliphatic rings. The van der Waals surface area contributed by atoms with Gasteiger partial charge in [-0.1, -0.05) is 13.8 Å². The third kappa shape index (κ3) is 3.20. The van der Waals surface area contributed by atoms with Gasteiger partial charge in [-0.25, -0.2) is 8.42 Å². The van der Waals surface area contributed by atoms with Crippen LogP contribution in [-0.4, -0.2) is 37.3 Å². The first kappa shape index (κ1) is 14.9. The topological polar surface area (TPSA) is 62.3 Å². The molecule has 5 nitrogen and oxygen atoms in total. The van der Waals surface area contributed by atoms with Crippen molar-refractivity contribution < 1.29 is 8.42 Å². The number of nitrogens with zero attached hydrogens (tertiary/aromatic N) is 2. The average molecular weight is 271 g/mol. The largest absolute Gasteiger partial charge is 0.384 e. The van der Waals surface area contributed by atoms with E-state index < -0.39 is 10.0 Å². The van der Waals surface area contributed by atoms with Crippen LogP contribution in [0.5, 0.6) is 0 Å². The van der Waals surface area contributed by atoms with Gasteiger partial charge >= 0.3 is 0 Å². The minimum Gasteiger partial charge on any atom is -0.384 e. The zero-order chi connectivity index (χ0) is 13.6. The van der Waals surface area contributed by atoms with E-state index >= 15 is 0 Å². The molecular weight excluding hydrogens is 250 g/mol. The lowest BCUT2D eigenvalue weighted by atomic mass is 10.4. The van der Waals surface area contributed by atoms with Crippen LogP contribution in [0.15, 0.2) is 23.4 Å². The Balaban J connectivity index is 3.18. The number of pyridine rings is 1. The second kappa shape index (κ2) is 6.70. The van der Waals surface area contributed by atoms with E-state index in [9.17, 15) is 8.42 Å². The number of nitrogens with one attached hydrogen (secondary N) is 1.